The summed E-state index contributed by atoms with van der Waals surface area (Å²) >= 11 is 0. The summed E-state index contributed by atoms with van der Waals surface area (Å²) in [6.07, 6.45) is 1.83. The predicted molar refractivity (Wildman–Crippen MR) is 184 cm³/mol. The fraction of sp³-hybridized carbons (Fsp3) is 0. The van der Waals surface area contributed by atoms with E-state index in [1.54, 1.807) is 0 Å². The van der Waals surface area contributed by atoms with E-state index in [9.17, 15) is 0 Å². The molecule has 3 nitrogen and oxygen atoms in total. The highest BCUT2D eigenvalue weighted by Gasteiger charge is 2.17. The second-order valence-electron chi connectivity index (χ2n) is 11.2. The van der Waals surface area contributed by atoms with Crippen LogP contribution in [0.3, 0.4) is 0 Å². The van der Waals surface area contributed by atoms with Crippen LogP contribution in [0.4, 0.5) is 17.1 Å². The van der Waals surface area contributed by atoms with Gasteiger partial charge in [-0.1, -0.05) is 97.1 Å². The first-order valence-electron chi connectivity index (χ1n) is 14.9. The number of furan rings is 1. The number of rotatable bonds is 4. The fourth-order valence-corrected chi connectivity index (χ4v) is 6.51. The zero-order chi connectivity index (χ0) is 29.0. The molecule has 0 saturated heterocycles. The van der Waals surface area contributed by atoms with Crippen LogP contribution in [-0.4, -0.2) is 4.98 Å². The molecule has 206 valence electrons. The molecule has 0 unspecified atom stereocenters. The molecule has 0 N–H and O–H groups in total. The van der Waals surface area contributed by atoms with E-state index in [0.717, 1.165) is 55.3 Å². The lowest BCUT2D eigenvalue weighted by Crippen LogP contribution is -2.10. The van der Waals surface area contributed by atoms with Gasteiger partial charge in [0.15, 0.2) is 5.58 Å². The Bertz CT molecular complexity index is 2490. The maximum Gasteiger partial charge on any atom is 0.153 e. The zero-order valence-corrected chi connectivity index (χ0v) is 23.8. The number of hydrogen-bond donors (Lipinski definition) is 0. The third-order valence-corrected chi connectivity index (χ3v) is 8.66. The number of benzene rings is 7. The molecule has 9 rings (SSSR count). The van der Waals surface area contributed by atoms with Crippen LogP contribution in [0.1, 0.15) is 0 Å². The minimum Gasteiger partial charge on any atom is -0.454 e. The third kappa shape index (κ3) is 3.94. The summed E-state index contributed by atoms with van der Waals surface area (Å²) in [7, 11) is 0. The molecule has 0 saturated carbocycles. The van der Waals surface area contributed by atoms with Gasteiger partial charge in [-0.05, 0) is 92.7 Å². The lowest BCUT2D eigenvalue weighted by atomic mass is 9.99. The number of aromatic nitrogens is 1. The Balaban J connectivity index is 1.28. The molecule has 0 aliphatic rings. The number of hydrogen-bond acceptors (Lipinski definition) is 3. The lowest BCUT2D eigenvalue weighted by molar-refractivity contribution is 0.672. The summed E-state index contributed by atoms with van der Waals surface area (Å²) in [5.41, 5.74) is 8.26. The van der Waals surface area contributed by atoms with Crippen LogP contribution in [0, 0.1) is 0 Å². The second kappa shape index (κ2) is 9.82. The van der Waals surface area contributed by atoms with Crippen molar-refractivity contribution in [2.45, 2.75) is 0 Å². The minimum atomic E-state index is 0.805. The molecule has 0 atom stereocenters. The van der Waals surface area contributed by atoms with Gasteiger partial charge < -0.3 is 9.32 Å². The molecule has 0 fully saturated rings. The van der Waals surface area contributed by atoms with Crippen LogP contribution in [0.15, 0.2) is 162 Å². The van der Waals surface area contributed by atoms with Crippen molar-refractivity contribution in [1.29, 1.82) is 0 Å². The first kappa shape index (κ1) is 24.6. The van der Waals surface area contributed by atoms with E-state index in [-0.39, 0.29) is 0 Å². The monoisotopic (exact) mass is 562 g/mol. The van der Waals surface area contributed by atoms with E-state index in [0.29, 0.717) is 0 Å². The van der Waals surface area contributed by atoms with Gasteiger partial charge in [0, 0.05) is 34.0 Å². The molecular formula is C41H26N2O. The van der Waals surface area contributed by atoms with Crippen molar-refractivity contribution in [1.82, 2.24) is 4.98 Å². The normalized spacial score (nSPS) is 11.6. The topological polar surface area (TPSA) is 29.3 Å². The van der Waals surface area contributed by atoms with Crippen molar-refractivity contribution in [2.24, 2.45) is 0 Å². The van der Waals surface area contributed by atoms with Crippen LogP contribution >= 0.6 is 0 Å². The Morgan fingerprint density at radius 1 is 0.455 bits per heavy atom. The standard InChI is InChI=1S/C41H26N2O/c1-2-7-27(8-3-1)29-14-19-33(20-15-29)43(34-21-16-28-9-4-5-10-32(28)25-34)35-22-17-30-12-13-31-18-23-36-40-38(11-6-24-42-40)44-41(36)39(31)37(30)26-35/h1-26H. The SMILES string of the molecule is c1ccc(-c2ccc(N(c3ccc4ccccc4c3)c3ccc4ccc5ccc6c7ncccc7oc6c5c4c3)cc2)cc1. The van der Waals surface area contributed by atoms with E-state index in [2.05, 4.69) is 149 Å². The summed E-state index contributed by atoms with van der Waals surface area (Å²) in [6, 6.07) is 53.9. The molecule has 0 aliphatic heterocycles. The van der Waals surface area contributed by atoms with E-state index < -0.39 is 0 Å². The van der Waals surface area contributed by atoms with Crippen molar-refractivity contribution < 1.29 is 4.42 Å². The molecule has 0 amide bonds. The fourth-order valence-electron chi connectivity index (χ4n) is 6.51. The smallest absolute Gasteiger partial charge is 0.153 e. The second-order valence-corrected chi connectivity index (χ2v) is 11.2. The molecule has 0 aliphatic carbocycles. The molecule has 2 heterocycles. The van der Waals surface area contributed by atoms with Gasteiger partial charge in [-0.15, -0.1) is 0 Å². The van der Waals surface area contributed by atoms with Gasteiger partial charge in [0.1, 0.15) is 11.1 Å². The molecule has 0 spiro atoms. The minimum absolute atomic E-state index is 0.805. The van der Waals surface area contributed by atoms with Crippen molar-refractivity contribution >= 4 is 71.4 Å². The molecule has 0 radical (unpaired) electrons. The third-order valence-electron chi connectivity index (χ3n) is 8.66. The van der Waals surface area contributed by atoms with Crippen molar-refractivity contribution in [3.8, 4) is 11.1 Å². The van der Waals surface area contributed by atoms with Crippen molar-refractivity contribution in [3.05, 3.63) is 158 Å². The highest BCUT2D eigenvalue weighted by Crippen LogP contribution is 2.41. The summed E-state index contributed by atoms with van der Waals surface area (Å²) in [5.74, 6) is 0. The quantitative estimate of drug-likeness (QED) is 0.200. The maximum absolute atomic E-state index is 6.47. The summed E-state index contributed by atoms with van der Waals surface area (Å²) < 4.78 is 6.47. The van der Waals surface area contributed by atoms with Crippen LogP contribution in [0.25, 0.3) is 65.5 Å². The number of fused-ring (bicyclic) bond motifs is 8. The predicted octanol–water partition coefficient (Wildman–Crippen LogP) is 11.6. The Hall–Kier alpha value is -5.93. The summed E-state index contributed by atoms with van der Waals surface area (Å²) in [6.45, 7) is 0. The largest absolute Gasteiger partial charge is 0.454 e. The Labute approximate surface area is 254 Å². The van der Waals surface area contributed by atoms with Gasteiger partial charge in [-0.25, -0.2) is 0 Å². The van der Waals surface area contributed by atoms with E-state index >= 15 is 0 Å². The Morgan fingerprint density at radius 3 is 1.98 bits per heavy atom. The van der Waals surface area contributed by atoms with E-state index in [1.165, 1.54) is 27.3 Å². The van der Waals surface area contributed by atoms with Crippen LogP contribution in [0.5, 0.6) is 0 Å². The summed E-state index contributed by atoms with van der Waals surface area (Å²) in [5, 5.41) is 8.04. The van der Waals surface area contributed by atoms with Gasteiger partial charge in [-0.3, -0.25) is 4.98 Å². The van der Waals surface area contributed by atoms with Crippen LogP contribution in [-0.2, 0) is 0 Å². The molecule has 2 aromatic heterocycles. The number of nitrogens with zero attached hydrogens (tertiary/aromatic N) is 2. The highest BCUT2D eigenvalue weighted by molar-refractivity contribution is 6.22. The average Bonchev–Trinajstić information content (AvgIpc) is 3.48. The average molecular weight is 563 g/mol. The molecule has 7 aromatic carbocycles. The number of pyridine rings is 1. The van der Waals surface area contributed by atoms with Crippen LogP contribution in [0.2, 0.25) is 0 Å². The molecular weight excluding hydrogens is 536 g/mol. The first-order chi connectivity index (χ1) is 21.8. The van der Waals surface area contributed by atoms with Gasteiger partial charge in [0.05, 0.1) is 0 Å². The maximum atomic E-state index is 6.47. The Kier molecular flexibility index (Phi) is 5.50. The summed E-state index contributed by atoms with van der Waals surface area (Å²) in [4.78, 5) is 6.98. The van der Waals surface area contributed by atoms with Gasteiger partial charge >= 0.3 is 0 Å². The molecule has 0 bridgehead atoms. The number of anilines is 3. The highest BCUT2D eigenvalue weighted by atomic mass is 16.3. The molecule has 9 aromatic rings. The van der Waals surface area contributed by atoms with Gasteiger partial charge in [0.2, 0.25) is 0 Å². The van der Waals surface area contributed by atoms with Crippen molar-refractivity contribution in [2.75, 3.05) is 4.90 Å². The molecule has 3 heteroatoms. The Morgan fingerprint density at radius 2 is 1.11 bits per heavy atom. The zero-order valence-electron chi connectivity index (χ0n) is 23.8. The van der Waals surface area contributed by atoms with Crippen molar-refractivity contribution in [3.63, 3.8) is 0 Å². The van der Waals surface area contributed by atoms with E-state index in [1.807, 2.05) is 18.3 Å². The van der Waals surface area contributed by atoms with Crippen LogP contribution < -0.4 is 4.90 Å². The van der Waals surface area contributed by atoms with E-state index in [4.69, 9.17) is 4.42 Å². The van der Waals surface area contributed by atoms with Gasteiger partial charge in [0.25, 0.3) is 0 Å². The molecule has 44 heavy (non-hydrogen) atoms. The van der Waals surface area contributed by atoms with Gasteiger partial charge in [-0.2, -0.15) is 0 Å². The lowest BCUT2D eigenvalue weighted by Gasteiger charge is -2.26. The first-order valence-corrected chi connectivity index (χ1v) is 14.9.